The van der Waals surface area contributed by atoms with Crippen molar-refractivity contribution in [3.8, 4) is 0 Å². The molecule has 0 heterocycles. The number of esters is 1. The lowest BCUT2D eigenvalue weighted by atomic mass is 10.4. The summed E-state index contributed by atoms with van der Waals surface area (Å²) in [5.41, 5.74) is 0. The number of rotatable bonds is 4. The maximum atomic E-state index is 10.8. The monoisotopic (exact) mass is 226 g/mol. The van der Waals surface area contributed by atoms with Crippen LogP contribution in [0.15, 0.2) is 0 Å². The van der Waals surface area contributed by atoms with Gasteiger partial charge in [-0.05, 0) is 0 Å². The Morgan fingerprint density at radius 3 is 2.00 bits per heavy atom. The van der Waals surface area contributed by atoms with Crippen LogP contribution in [0, 0.1) is 0 Å². The van der Waals surface area contributed by atoms with Crippen LogP contribution in [0.3, 0.4) is 0 Å². The molecule has 0 aromatic heterocycles. The van der Waals surface area contributed by atoms with Crippen LogP contribution in [0.4, 0.5) is 0 Å². The zero-order valence-electron chi connectivity index (χ0n) is 6.67. The van der Waals surface area contributed by atoms with Gasteiger partial charge in [0.15, 0.2) is 11.1 Å². The van der Waals surface area contributed by atoms with E-state index >= 15 is 0 Å². The van der Waals surface area contributed by atoms with Gasteiger partial charge in [0.2, 0.25) is 0 Å². The zero-order valence-corrected chi connectivity index (χ0v) is 8.25. The summed E-state index contributed by atoms with van der Waals surface area (Å²) in [4.78, 5) is 10.3. The van der Waals surface area contributed by atoms with E-state index in [2.05, 4.69) is 20.7 Å². The van der Waals surface area contributed by atoms with Crippen molar-refractivity contribution in [3.63, 3.8) is 0 Å². The standard InChI is InChI=1S/C6H11BrO4/c1-9-5(8)4(7)6(10-2)11-3/h4,6H,1-3H3. The van der Waals surface area contributed by atoms with Crippen LogP contribution < -0.4 is 0 Å². The molecule has 0 radical (unpaired) electrons. The van der Waals surface area contributed by atoms with Crippen molar-refractivity contribution in [2.45, 2.75) is 11.1 Å². The van der Waals surface area contributed by atoms with Gasteiger partial charge in [-0.1, -0.05) is 15.9 Å². The molecule has 0 aliphatic rings. The third-order valence-corrected chi connectivity index (χ3v) is 1.94. The van der Waals surface area contributed by atoms with E-state index in [1.54, 1.807) is 0 Å². The summed E-state index contributed by atoms with van der Waals surface area (Å²) in [6.07, 6.45) is -0.609. The number of ether oxygens (including phenoxy) is 3. The van der Waals surface area contributed by atoms with Crippen LogP contribution in [0.1, 0.15) is 0 Å². The number of methoxy groups -OCH3 is 3. The molecule has 11 heavy (non-hydrogen) atoms. The predicted octanol–water partition coefficient (Wildman–Crippen LogP) is 0.542. The molecule has 0 fully saturated rings. The minimum atomic E-state index is -0.609. The molecule has 0 aliphatic heterocycles. The Balaban J connectivity index is 3.97. The number of hydrogen-bond acceptors (Lipinski definition) is 4. The Bertz CT molecular complexity index is 124. The second-order valence-electron chi connectivity index (χ2n) is 1.76. The molecule has 5 heteroatoms. The van der Waals surface area contributed by atoms with Gasteiger partial charge >= 0.3 is 5.97 Å². The summed E-state index contributed by atoms with van der Waals surface area (Å²) < 4.78 is 14.1. The average molecular weight is 227 g/mol. The molecule has 0 aliphatic carbocycles. The summed E-state index contributed by atoms with van der Waals surface area (Å²) in [5, 5.41) is 0. The highest BCUT2D eigenvalue weighted by molar-refractivity contribution is 9.10. The first-order chi connectivity index (χ1) is 5.17. The lowest BCUT2D eigenvalue weighted by Crippen LogP contribution is -2.32. The number of hydrogen-bond donors (Lipinski definition) is 0. The SMILES string of the molecule is COC(=O)C(Br)C(OC)OC. The van der Waals surface area contributed by atoms with Crippen molar-refractivity contribution >= 4 is 21.9 Å². The van der Waals surface area contributed by atoms with E-state index in [-0.39, 0.29) is 0 Å². The quantitative estimate of drug-likeness (QED) is 0.399. The molecule has 0 saturated heterocycles. The summed E-state index contributed by atoms with van der Waals surface area (Å²) in [6, 6.07) is 0. The van der Waals surface area contributed by atoms with E-state index < -0.39 is 17.1 Å². The van der Waals surface area contributed by atoms with Gasteiger partial charge in [-0.2, -0.15) is 0 Å². The third kappa shape index (κ3) is 3.18. The van der Waals surface area contributed by atoms with E-state index in [1.165, 1.54) is 21.3 Å². The first-order valence-electron chi connectivity index (χ1n) is 2.94. The molecule has 0 amide bonds. The van der Waals surface area contributed by atoms with Crippen LogP contribution in [-0.4, -0.2) is 38.4 Å². The van der Waals surface area contributed by atoms with Crippen LogP contribution in [0.2, 0.25) is 0 Å². The molecule has 0 saturated carbocycles. The molecular weight excluding hydrogens is 216 g/mol. The Morgan fingerprint density at radius 2 is 1.73 bits per heavy atom. The lowest BCUT2D eigenvalue weighted by molar-refractivity contribution is -0.153. The van der Waals surface area contributed by atoms with Gasteiger partial charge in [0.05, 0.1) is 7.11 Å². The Kier molecular flexibility index (Phi) is 5.45. The van der Waals surface area contributed by atoms with E-state index in [4.69, 9.17) is 9.47 Å². The number of halogens is 1. The maximum Gasteiger partial charge on any atom is 0.324 e. The zero-order chi connectivity index (χ0) is 8.85. The van der Waals surface area contributed by atoms with Crippen LogP contribution >= 0.6 is 15.9 Å². The highest BCUT2D eigenvalue weighted by Crippen LogP contribution is 2.10. The van der Waals surface area contributed by atoms with Gasteiger partial charge in [-0.25, -0.2) is 0 Å². The smallest absolute Gasteiger partial charge is 0.324 e. The molecular formula is C6H11BrO4. The predicted molar refractivity (Wildman–Crippen MR) is 42.5 cm³/mol. The molecule has 0 aromatic carbocycles. The average Bonchev–Trinajstić information content (AvgIpc) is 2.05. The van der Waals surface area contributed by atoms with E-state index in [0.717, 1.165) is 0 Å². The first-order valence-corrected chi connectivity index (χ1v) is 3.86. The van der Waals surface area contributed by atoms with E-state index in [1.807, 2.05) is 0 Å². The van der Waals surface area contributed by atoms with Crippen molar-refractivity contribution in [2.75, 3.05) is 21.3 Å². The van der Waals surface area contributed by atoms with E-state index in [9.17, 15) is 4.79 Å². The van der Waals surface area contributed by atoms with Crippen molar-refractivity contribution < 1.29 is 19.0 Å². The fourth-order valence-electron chi connectivity index (χ4n) is 0.559. The highest BCUT2D eigenvalue weighted by atomic mass is 79.9. The van der Waals surface area contributed by atoms with Crippen LogP contribution in [0.5, 0.6) is 0 Å². The summed E-state index contributed by atoms with van der Waals surface area (Å²) >= 11 is 3.07. The Labute approximate surface area is 73.9 Å². The molecule has 4 nitrogen and oxygen atoms in total. The fraction of sp³-hybridized carbons (Fsp3) is 0.833. The van der Waals surface area contributed by atoms with Gasteiger partial charge in [0.25, 0.3) is 0 Å². The molecule has 0 bridgehead atoms. The molecule has 66 valence electrons. The number of carbonyl (C=O) groups is 1. The number of carbonyl (C=O) groups excluding carboxylic acids is 1. The summed E-state index contributed by atoms with van der Waals surface area (Å²) in [7, 11) is 4.20. The molecule has 0 rings (SSSR count). The van der Waals surface area contributed by atoms with Gasteiger partial charge in [-0.3, -0.25) is 4.79 Å². The Hall–Kier alpha value is -0.130. The van der Waals surface area contributed by atoms with Crippen molar-refractivity contribution in [2.24, 2.45) is 0 Å². The van der Waals surface area contributed by atoms with Gasteiger partial charge in [0.1, 0.15) is 0 Å². The van der Waals surface area contributed by atoms with Crippen molar-refractivity contribution in [1.82, 2.24) is 0 Å². The first kappa shape index (κ1) is 10.9. The maximum absolute atomic E-state index is 10.8. The number of alkyl halides is 1. The van der Waals surface area contributed by atoms with Gasteiger partial charge < -0.3 is 14.2 Å². The second-order valence-corrected chi connectivity index (χ2v) is 2.75. The van der Waals surface area contributed by atoms with Gasteiger partial charge in [0, 0.05) is 14.2 Å². The van der Waals surface area contributed by atoms with Gasteiger partial charge in [-0.15, -0.1) is 0 Å². The summed E-state index contributed by atoms with van der Waals surface area (Å²) in [5.74, 6) is -0.418. The highest BCUT2D eigenvalue weighted by Gasteiger charge is 2.25. The normalized spacial score (nSPS) is 13.2. The molecule has 0 aromatic rings. The largest absolute Gasteiger partial charge is 0.468 e. The fourth-order valence-corrected chi connectivity index (χ4v) is 1.18. The van der Waals surface area contributed by atoms with Crippen molar-refractivity contribution in [1.29, 1.82) is 0 Å². The summed E-state index contributed by atoms with van der Waals surface area (Å²) in [6.45, 7) is 0. The van der Waals surface area contributed by atoms with Crippen molar-refractivity contribution in [3.05, 3.63) is 0 Å². The van der Waals surface area contributed by atoms with Crippen LogP contribution in [-0.2, 0) is 19.0 Å². The minimum Gasteiger partial charge on any atom is -0.468 e. The van der Waals surface area contributed by atoms with E-state index in [0.29, 0.717) is 0 Å². The Morgan fingerprint density at radius 1 is 1.27 bits per heavy atom. The molecule has 0 N–H and O–H groups in total. The lowest BCUT2D eigenvalue weighted by Gasteiger charge is -2.16. The van der Waals surface area contributed by atoms with Crippen LogP contribution in [0.25, 0.3) is 0 Å². The molecule has 0 spiro atoms. The molecule has 1 unspecified atom stereocenters. The third-order valence-electron chi connectivity index (χ3n) is 1.13. The molecule has 1 atom stereocenters. The minimum absolute atomic E-state index is 0.418. The topological polar surface area (TPSA) is 44.8 Å². The second kappa shape index (κ2) is 5.51.